The Morgan fingerprint density at radius 2 is 2.30 bits per heavy atom. The van der Waals surface area contributed by atoms with Gasteiger partial charge in [0.1, 0.15) is 17.7 Å². The molecular formula is C14H16ClFN2O2. The van der Waals surface area contributed by atoms with Gasteiger partial charge in [-0.05, 0) is 32.0 Å². The molecule has 4 nitrogen and oxygen atoms in total. The van der Waals surface area contributed by atoms with Gasteiger partial charge in [0.25, 0.3) is 0 Å². The van der Waals surface area contributed by atoms with Gasteiger partial charge in [-0.2, -0.15) is 0 Å². The molecule has 0 aliphatic carbocycles. The molecule has 0 saturated heterocycles. The third-order valence-corrected chi connectivity index (χ3v) is 3.25. The van der Waals surface area contributed by atoms with Crippen LogP contribution in [0, 0.1) is 5.82 Å². The molecule has 0 saturated carbocycles. The molecule has 0 bridgehead atoms. The van der Waals surface area contributed by atoms with Crippen LogP contribution in [-0.4, -0.2) is 28.0 Å². The van der Waals surface area contributed by atoms with E-state index in [0.29, 0.717) is 35.8 Å². The lowest BCUT2D eigenvalue weighted by atomic mass is 10.2. The number of halogens is 2. The molecule has 1 aromatic carbocycles. The number of hydrogen-bond acceptors (Lipinski definition) is 3. The molecule has 0 N–H and O–H groups in total. The maximum atomic E-state index is 13.4. The number of rotatable bonds is 5. The molecule has 1 heterocycles. The molecule has 0 radical (unpaired) electrons. The summed E-state index contributed by atoms with van der Waals surface area (Å²) in [5.41, 5.74) is 1.22. The monoisotopic (exact) mass is 298 g/mol. The molecule has 0 amide bonds. The molecule has 0 aliphatic heterocycles. The standard InChI is InChI=1S/C14H16ClFN2O2/c1-3-20-14(19)9(2)18-12-8-10(16)4-5-11(12)17-13(18)6-7-15/h4-5,8-9H,3,6-7H2,1-2H3. The predicted octanol–water partition coefficient (Wildman–Crippen LogP) is 3.08. The summed E-state index contributed by atoms with van der Waals surface area (Å²) in [6, 6.07) is 3.74. The summed E-state index contributed by atoms with van der Waals surface area (Å²) >= 11 is 5.77. The van der Waals surface area contributed by atoms with Crippen molar-refractivity contribution in [2.45, 2.75) is 26.3 Å². The number of benzene rings is 1. The van der Waals surface area contributed by atoms with Crippen LogP contribution in [-0.2, 0) is 16.0 Å². The number of imidazole rings is 1. The van der Waals surface area contributed by atoms with Crippen molar-refractivity contribution < 1.29 is 13.9 Å². The van der Waals surface area contributed by atoms with Crippen LogP contribution >= 0.6 is 11.6 Å². The van der Waals surface area contributed by atoms with E-state index in [9.17, 15) is 9.18 Å². The van der Waals surface area contributed by atoms with E-state index in [4.69, 9.17) is 16.3 Å². The minimum atomic E-state index is -0.569. The number of carbonyl (C=O) groups excluding carboxylic acids is 1. The fourth-order valence-electron chi connectivity index (χ4n) is 2.18. The normalized spacial score (nSPS) is 12.6. The fourth-order valence-corrected chi connectivity index (χ4v) is 2.35. The summed E-state index contributed by atoms with van der Waals surface area (Å²) in [6.45, 7) is 3.76. The number of nitrogens with zero attached hydrogens (tertiary/aromatic N) is 2. The van der Waals surface area contributed by atoms with E-state index in [1.54, 1.807) is 24.5 Å². The van der Waals surface area contributed by atoms with Gasteiger partial charge < -0.3 is 9.30 Å². The predicted molar refractivity (Wildman–Crippen MR) is 75.5 cm³/mol. The summed E-state index contributed by atoms with van der Waals surface area (Å²) in [5.74, 6) is 0.293. The summed E-state index contributed by atoms with van der Waals surface area (Å²) in [4.78, 5) is 16.3. The van der Waals surface area contributed by atoms with Crippen LogP contribution in [0.25, 0.3) is 11.0 Å². The fraction of sp³-hybridized carbons (Fsp3) is 0.429. The van der Waals surface area contributed by atoms with E-state index in [-0.39, 0.29) is 11.8 Å². The number of hydrogen-bond donors (Lipinski definition) is 0. The average Bonchev–Trinajstić information content (AvgIpc) is 2.76. The lowest BCUT2D eigenvalue weighted by Crippen LogP contribution is -2.21. The second kappa shape index (κ2) is 6.22. The van der Waals surface area contributed by atoms with Crippen LogP contribution in [0.5, 0.6) is 0 Å². The van der Waals surface area contributed by atoms with Crippen molar-refractivity contribution in [3.05, 3.63) is 29.8 Å². The van der Waals surface area contributed by atoms with Crippen LogP contribution in [0.15, 0.2) is 18.2 Å². The van der Waals surface area contributed by atoms with E-state index < -0.39 is 6.04 Å². The van der Waals surface area contributed by atoms with E-state index in [0.717, 1.165) is 0 Å². The van der Waals surface area contributed by atoms with Crippen molar-refractivity contribution in [2.24, 2.45) is 0 Å². The minimum absolute atomic E-state index is 0.301. The molecule has 1 aromatic heterocycles. The highest BCUT2D eigenvalue weighted by Gasteiger charge is 2.22. The number of esters is 1. The third-order valence-electron chi connectivity index (χ3n) is 3.06. The first-order chi connectivity index (χ1) is 9.58. The zero-order chi connectivity index (χ0) is 14.7. The molecule has 1 unspecified atom stereocenters. The van der Waals surface area contributed by atoms with Gasteiger partial charge in [0, 0.05) is 12.3 Å². The van der Waals surface area contributed by atoms with Crippen LogP contribution < -0.4 is 0 Å². The summed E-state index contributed by atoms with van der Waals surface area (Å²) in [5, 5.41) is 0. The van der Waals surface area contributed by atoms with Crippen LogP contribution in [0.3, 0.4) is 0 Å². The largest absolute Gasteiger partial charge is 0.464 e. The van der Waals surface area contributed by atoms with E-state index in [1.807, 2.05) is 0 Å². The molecule has 0 fully saturated rings. The molecule has 6 heteroatoms. The molecule has 1 atom stereocenters. The zero-order valence-electron chi connectivity index (χ0n) is 11.4. The van der Waals surface area contributed by atoms with Crippen LogP contribution in [0.1, 0.15) is 25.7 Å². The van der Waals surface area contributed by atoms with E-state index in [2.05, 4.69) is 4.98 Å². The Kier molecular flexibility index (Phi) is 4.60. The first kappa shape index (κ1) is 14.8. The smallest absolute Gasteiger partial charge is 0.328 e. The number of aromatic nitrogens is 2. The first-order valence-corrected chi connectivity index (χ1v) is 7.01. The van der Waals surface area contributed by atoms with E-state index in [1.165, 1.54) is 12.1 Å². The van der Waals surface area contributed by atoms with Gasteiger partial charge in [-0.3, -0.25) is 0 Å². The number of carbonyl (C=O) groups is 1. The van der Waals surface area contributed by atoms with Gasteiger partial charge in [-0.25, -0.2) is 14.2 Å². The lowest BCUT2D eigenvalue weighted by Gasteiger charge is -2.16. The summed E-state index contributed by atoms with van der Waals surface area (Å²) in [6.07, 6.45) is 0.502. The number of fused-ring (bicyclic) bond motifs is 1. The lowest BCUT2D eigenvalue weighted by molar-refractivity contribution is -0.146. The topological polar surface area (TPSA) is 44.1 Å². The Labute approximate surface area is 121 Å². The number of aryl methyl sites for hydroxylation is 1. The van der Waals surface area contributed by atoms with Crippen molar-refractivity contribution in [2.75, 3.05) is 12.5 Å². The molecule has 108 valence electrons. The van der Waals surface area contributed by atoms with Crippen molar-refractivity contribution >= 4 is 28.6 Å². The Bertz CT molecular complexity index is 627. The van der Waals surface area contributed by atoms with Crippen molar-refractivity contribution in [3.63, 3.8) is 0 Å². The van der Waals surface area contributed by atoms with Gasteiger partial charge in [-0.1, -0.05) is 0 Å². The molecular weight excluding hydrogens is 283 g/mol. The van der Waals surface area contributed by atoms with Gasteiger partial charge in [-0.15, -0.1) is 11.6 Å². The molecule has 20 heavy (non-hydrogen) atoms. The second-order valence-electron chi connectivity index (χ2n) is 4.40. The molecule has 0 spiro atoms. The number of alkyl halides is 1. The van der Waals surface area contributed by atoms with Crippen molar-refractivity contribution in [1.82, 2.24) is 9.55 Å². The average molecular weight is 299 g/mol. The Morgan fingerprint density at radius 3 is 2.95 bits per heavy atom. The molecule has 2 rings (SSSR count). The highest BCUT2D eigenvalue weighted by Crippen LogP contribution is 2.23. The second-order valence-corrected chi connectivity index (χ2v) is 4.78. The van der Waals surface area contributed by atoms with Crippen molar-refractivity contribution in [3.8, 4) is 0 Å². The van der Waals surface area contributed by atoms with Gasteiger partial charge in [0.15, 0.2) is 0 Å². The van der Waals surface area contributed by atoms with Crippen molar-refractivity contribution in [1.29, 1.82) is 0 Å². The van der Waals surface area contributed by atoms with Gasteiger partial charge in [0.2, 0.25) is 0 Å². The maximum absolute atomic E-state index is 13.4. The highest BCUT2D eigenvalue weighted by atomic mass is 35.5. The minimum Gasteiger partial charge on any atom is -0.464 e. The summed E-state index contributed by atoms with van der Waals surface area (Å²) in [7, 11) is 0. The Morgan fingerprint density at radius 1 is 1.55 bits per heavy atom. The molecule has 0 aliphatic rings. The van der Waals surface area contributed by atoms with Gasteiger partial charge >= 0.3 is 5.97 Å². The third kappa shape index (κ3) is 2.77. The van der Waals surface area contributed by atoms with Crippen LogP contribution in [0.2, 0.25) is 0 Å². The maximum Gasteiger partial charge on any atom is 0.328 e. The van der Waals surface area contributed by atoms with Gasteiger partial charge in [0.05, 0.1) is 17.6 Å². The summed E-state index contributed by atoms with van der Waals surface area (Å²) < 4.78 is 20.2. The zero-order valence-corrected chi connectivity index (χ0v) is 12.2. The first-order valence-electron chi connectivity index (χ1n) is 6.47. The molecule has 2 aromatic rings. The Balaban J connectivity index is 2.55. The quantitative estimate of drug-likeness (QED) is 0.629. The number of ether oxygens (including phenoxy) is 1. The van der Waals surface area contributed by atoms with E-state index >= 15 is 0 Å². The SMILES string of the molecule is CCOC(=O)C(C)n1c(CCCl)nc2ccc(F)cc21. The van der Waals surface area contributed by atoms with Crippen LogP contribution in [0.4, 0.5) is 4.39 Å². The highest BCUT2D eigenvalue weighted by molar-refractivity contribution is 6.17. The Hall–Kier alpha value is -1.62.